The van der Waals surface area contributed by atoms with E-state index in [1.807, 2.05) is 71.3 Å². The third-order valence-electron chi connectivity index (χ3n) is 4.03. The van der Waals surface area contributed by atoms with Gasteiger partial charge in [-0.15, -0.1) is 0 Å². The van der Waals surface area contributed by atoms with Crippen LogP contribution >= 0.6 is 0 Å². The minimum Gasteiger partial charge on any atom is -0.497 e. The predicted molar refractivity (Wildman–Crippen MR) is 102 cm³/mol. The number of methoxy groups -OCH3 is 1. The fourth-order valence-electron chi connectivity index (χ4n) is 2.73. The Hall–Kier alpha value is -3.67. The molecule has 0 amide bonds. The van der Waals surface area contributed by atoms with Crippen molar-refractivity contribution in [1.29, 1.82) is 0 Å². The summed E-state index contributed by atoms with van der Waals surface area (Å²) >= 11 is 0. The second-order valence-corrected chi connectivity index (χ2v) is 5.66. The van der Waals surface area contributed by atoms with Crippen molar-refractivity contribution in [2.24, 2.45) is 10.7 Å². The molecule has 3 aromatic heterocycles. The molecular weight excluding hydrogens is 326 g/mol. The molecule has 128 valence electrons. The standard InChI is InChI=1S/C20H17N5O/c1-26-15-10-8-14(9-11-15)20-24-19(17-7-3-5-13-25(17)20)23-18(21)16-6-2-4-12-22-16/h2-13H,1H3,(H2,21,23). The van der Waals surface area contributed by atoms with Gasteiger partial charge in [-0.3, -0.25) is 9.38 Å². The fourth-order valence-corrected chi connectivity index (χ4v) is 2.73. The minimum atomic E-state index is 0.329. The number of aliphatic imine (C=N–C) groups is 1. The average Bonchev–Trinajstić information content (AvgIpc) is 3.07. The molecule has 0 spiro atoms. The first-order chi connectivity index (χ1) is 12.8. The monoisotopic (exact) mass is 343 g/mol. The smallest absolute Gasteiger partial charge is 0.180 e. The SMILES string of the molecule is COc1ccc(-c2nc(/N=C(\N)c3ccccn3)c3ccccn23)cc1. The van der Waals surface area contributed by atoms with E-state index in [-0.39, 0.29) is 0 Å². The zero-order chi connectivity index (χ0) is 17.9. The predicted octanol–water partition coefficient (Wildman–Crippen LogP) is 3.44. The number of nitrogens with zero attached hydrogens (tertiary/aromatic N) is 4. The van der Waals surface area contributed by atoms with Crippen LogP contribution < -0.4 is 10.5 Å². The maximum absolute atomic E-state index is 6.13. The van der Waals surface area contributed by atoms with Crippen molar-refractivity contribution < 1.29 is 4.74 Å². The number of rotatable bonds is 4. The highest BCUT2D eigenvalue weighted by Gasteiger charge is 2.13. The Morgan fingerprint density at radius 3 is 2.58 bits per heavy atom. The Bertz CT molecular complexity index is 1070. The summed E-state index contributed by atoms with van der Waals surface area (Å²) in [6.07, 6.45) is 3.64. The lowest BCUT2D eigenvalue weighted by molar-refractivity contribution is 0.415. The first-order valence-corrected chi connectivity index (χ1v) is 8.13. The molecule has 6 nitrogen and oxygen atoms in total. The van der Waals surface area contributed by atoms with E-state index in [1.165, 1.54) is 0 Å². The second-order valence-electron chi connectivity index (χ2n) is 5.66. The first-order valence-electron chi connectivity index (χ1n) is 8.13. The molecule has 4 aromatic rings. The lowest BCUT2D eigenvalue weighted by Crippen LogP contribution is -2.14. The number of aromatic nitrogens is 3. The topological polar surface area (TPSA) is 77.8 Å². The Labute approximate surface area is 150 Å². The molecule has 0 aliphatic carbocycles. The van der Waals surface area contributed by atoms with Gasteiger partial charge in [-0.1, -0.05) is 12.1 Å². The lowest BCUT2D eigenvalue weighted by atomic mass is 10.2. The van der Waals surface area contributed by atoms with Gasteiger partial charge in [0.15, 0.2) is 11.7 Å². The Morgan fingerprint density at radius 2 is 1.85 bits per heavy atom. The largest absolute Gasteiger partial charge is 0.497 e. The van der Waals surface area contributed by atoms with Crippen LogP contribution in [0.25, 0.3) is 16.9 Å². The molecule has 26 heavy (non-hydrogen) atoms. The number of hydrogen-bond donors (Lipinski definition) is 1. The molecule has 0 bridgehead atoms. The molecule has 0 atom stereocenters. The Balaban J connectivity index is 1.84. The molecule has 0 saturated heterocycles. The quantitative estimate of drug-likeness (QED) is 0.455. The normalized spacial score (nSPS) is 11.7. The van der Waals surface area contributed by atoms with Gasteiger partial charge in [0, 0.05) is 18.0 Å². The van der Waals surface area contributed by atoms with Crippen molar-refractivity contribution in [2.75, 3.05) is 7.11 Å². The van der Waals surface area contributed by atoms with Crippen LogP contribution in [-0.2, 0) is 0 Å². The van der Waals surface area contributed by atoms with Gasteiger partial charge in [0.2, 0.25) is 0 Å². The third-order valence-corrected chi connectivity index (χ3v) is 4.03. The number of amidine groups is 1. The van der Waals surface area contributed by atoms with E-state index in [1.54, 1.807) is 13.3 Å². The molecule has 0 saturated carbocycles. The second kappa shape index (κ2) is 6.68. The number of hydrogen-bond acceptors (Lipinski definition) is 4. The van der Waals surface area contributed by atoms with Crippen LogP contribution in [-0.4, -0.2) is 27.3 Å². The summed E-state index contributed by atoms with van der Waals surface area (Å²) < 4.78 is 7.22. The van der Waals surface area contributed by atoms with E-state index < -0.39 is 0 Å². The summed E-state index contributed by atoms with van der Waals surface area (Å²) in [4.78, 5) is 13.5. The van der Waals surface area contributed by atoms with Crippen LogP contribution in [0, 0.1) is 0 Å². The summed E-state index contributed by atoms with van der Waals surface area (Å²) in [5.74, 6) is 2.47. The van der Waals surface area contributed by atoms with E-state index in [4.69, 9.17) is 15.5 Å². The number of nitrogens with two attached hydrogens (primary N) is 1. The van der Waals surface area contributed by atoms with Crippen molar-refractivity contribution >= 4 is 17.2 Å². The number of pyridine rings is 2. The zero-order valence-corrected chi connectivity index (χ0v) is 14.2. The van der Waals surface area contributed by atoms with Crippen LogP contribution in [0.15, 0.2) is 78.0 Å². The van der Waals surface area contributed by atoms with E-state index in [0.29, 0.717) is 17.3 Å². The lowest BCUT2D eigenvalue weighted by Gasteiger charge is -2.02. The molecule has 0 aliphatic heterocycles. The van der Waals surface area contributed by atoms with Crippen LogP contribution in [0.5, 0.6) is 5.75 Å². The van der Waals surface area contributed by atoms with Gasteiger partial charge in [-0.2, -0.15) is 0 Å². The maximum Gasteiger partial charge on any atom is 0.180 e. The summed E-state index contributed by atoms with van der Waals surface area (Å²) in [5, 5.41) is 0. The van der Waals surface area contributed by atoms with Crippen molar-refractivity contribution in [3.05, 3.63) is 78.8 Å². The molecule has 0 radical (unpaired) electrons. The Kier molecular flexibility index (Phi) is 4.07. The highest BCUT2D eigenvalue weighted by atomic mass is 16.5. The van der Waals surface area contributed by atoms with Gasteiger partial charge in [-0.05, 0) is 48.5 Å². The minimum absolute atomic E-state index is 0.329. The third kappa shape index (κ3) is 2.88. The highest BCUT2D eigenvalue weighted by Crippen LogP contribution is 2.28. The van der Waals surface area contributed by atoms with Crippen LogP contribution in [0.1, 0.15) is 5.69 Å². The average molecular weight is 343 g/mol. The van der Waals surface area contributed by atoms with Gasteiger partial charge in [0.05, 0.1) is 12.6 Å². The van der Waals surface area contributed by atoms with Gasteiger partial charge in [0.25, 0.3) is 0 Å². The fraction of sp³-hybridized carbons (Fsp3) is 0.0500. The van der Waals surface area contributed by atoms with E-state index in [9.17, 15) is 0 Å². The van der Waals surface area contributed by atoms with Crippen molar-refractivity contribution in [3.63, 3.8) is 0 Å². The van der Waals surface area contributed by atoms with Crippen LogP contribution in [0.2, 0.25) is 0 Å². The van der Waals surface area contributed by atoms with Gasteiger partial charge < -0.3 is 10.5 Å². The van der Waals surface area contributed by atoms with E-state index in [2.05, 4.69) is 9.98 Å². The van der Waals surface area contributed by atoms with Gasteiger partial charge in [0.1, 0.15) is 17.3 Å². The molecule has 4 rings (SSSR count). The first kappa shape index (κ1) is 15.8. The molecule has 3 heterocycles. The number of benzene rings is 1. The molecule has 0 fully saturated rings. The van der Waals surface area contributed by atoms with Crippen molar-refractivity contribution in [2.45, 2.75) is 0 Å². The van der Waals surface area contributed by atoms with Crippen LogP contribution in [0.3, 0.4) is 0 Å². The number of imidazole rings is 1. The molecule has 6 heteroatoms. The van der Waals surface area contributed by atoms with Gasteiger partial charge >= 0.3 is 0 Å². The maximum atomic E-state index is 6.13. The summed E-state index contributed by atoms with van der Waals surface area (Å²) in [7, 11) is 1.65. The van der Waals surface area contributed by atoms with E-state index >= 15 is 0 Å². The summed E-state index contributed by atoms with van der Waals surface area (Å²) in [6, 6.07) is 19.2. The van der Waals surface area contributed by atoms with E-state index in [0.717, 1.165) is 22.7 Å². The summed E-state index contributed by atoms with van der Waals surface area (Å²) in [5.41, 5.74) is 8.58. The summed E-state index contributed by atoms with van der Waals surface area (Å²) in [6.45, 7) is 0. The van der Waals surface area contributed by atoms with Gasteiger partial charge in [-0.25, -0.2) is 9.98 Å². The van der Waals surface area contributed by atoms with Crippen molar-refractivity contribution in [1.82, 2.24) is 14.4 Å². The highest BCUT2D eigenvalue weighted by molar-refractivity contribution is 5.98. The Morgan fingerprint density at radius 1 is 1.04 bits per heavy atom. The van der Waals surface area contributed by atoms with Crippen molar-refractivity contribution in [3.8, 4) is 17.1 Å². The molecule has 2 N–H and O–H groups in total. The number of ether oxygens (including phenoxy) is 1. The molecule has 0 aliphatic rings. The molecule has 0 unspecified atom stereocenters. The molecular formula is C20H17N5O. The zero-order valence-electron chi connectivity index (χ0n) is 14.2. The van der Waals surface area contributed by atoms with Crippen LogP contribution in [0.4, 0.5) is 5.82 Å². The molecule has 1 aromatic carbocycles. The number of fused-ring (bicyclic) bond motifs is 1.